The molecule has 0 atom stereocenters. The van der Waals surface area contributed by atoms with Gasteiger partial charge in [0.15, 0.2) is 0 Å². The minimum Gasteiger partial charge on any atom is -0.393 e. The fraction of sp³-hybridized carbons (Fsp3) is 1.00. The van der Waals surface area contributed by atoms with E-state index in [0.717, 1.165) is 25.3 Å². The van der Waals surface area contributed by atoms with E-state index in [2.05, 4.69) is 39.9 Å². The van der Waals surface area contributed by atoms with E-state index >= 15 is 0 Å². The molecule has 2 nitrogen and oxygen atoms in total. The van der Waals surface area contributed by atoms with E-state index in [1.807, 2.05) is 0 Å². The summed E-state index contributed by atoms with van der Waals surface area (Å²) in [5, 5.41) is 13.5. The van der Waals surface area contributed by atoms with Gasteiger partial charge in [0.05, 0.1) is 6.10 Å². The number of hydrogen-bond acceptors (Lipinski definition) is 2. The average Bonchev–Trinajstić information content (AvgIpc) is 2.30. The van der Waals surface area contributed by atoms with E-state index in [9.17, 15) is 5.11 Å². The van der Waals surface area contributed by atoms with Crippen LogP contribution in [0.2, 0.25) is 0 Å². The Balaban J connectivity index is 2.74. The van der Waals surface area contributed by atoms with E-state index in [1.165, 1.54) is 25.7 Å². The van der Waals surface area contributed by atoms with Gasteiger partial charge in [0.25, 0.3) is 0 Å². The minimum atomic E-state index is -0.0536. The third kappa shape index (κ3) is 4.24. The largest absolute Gasteiger partial charge is 0.393 e. The number of aliphatic hydroxyl groups excluding tert-OH is 1. The van der Waals surface area contributed by atoms with Gasteiger partial charge in [-0.25, -0.2) is 0 Å². The summed E-state index contributed by atoms with van der Waals surface area (Å²) in [5.41, 5.74) is 0.602. The van der Waals surface area contributed by atoms with Crippen molar-refractivity contribution in [3.05, 3.63) is 0 Å². The molecule has 1 aliphatic carbocycles. The highest BCUT2D eigenvalue weighted by Gasteiger charge is 2.40. The van der Waals surface area contributed by atoms with Crippen molar-refractivity contribution in [2.24, 2.45) is 11.3 Å². The van der Waals surface area contributed by atoms with Gasteiger partial charge in [0.1, 0.15) is 0 Å². The fourth-order valence-corrected chi connectivity index (χ4v) is 3.50. The summed E-state index contributed by atoms with van der Waals surface area (Å²) in [6.45, 7) is 12.5. The maximum absolute atomic E-state index is 9.78. The third-order valence-corrected chi connectivity index (χ3v) is 4.77. The molecule has 0 radical (unpaired) electrons. The standard InChI is InChI=1S/C16H33NO/c1-6-13(7-2)16(12-17-15(3,4)5)10-8-14(18)9-11-16/h13-14,17-18H,6-12H2,1-5H3. The Morgan fingerprint density at radius 1 is 1.17 bits per heavy atom. The van der Waals surface area contributed by atoms with Crippen molar-refractivity contribution in [1.29, 1.82) is 0 Å². The van der Waals surface area contributed by atoms with Crippen LogP contribution < -0.4 is 5.32 Å². The second-order valence-corrected chi connectivity index (χ2v) is 7.21. The molecule has 0 aromatic carbocycles. The van der Waals surface area contributed by atoms with Crippen LogP contribution in [0.3, 0.4) is 0 Å². The number of aliphatic hydroxyl groups is 1. The Hall–Kier alpha value is -0.0800. The highest BCUT2D eigenvalue weighted by atomic mass is 16.3. The molecular formula is C16H33NO. The Labute approximate surface area is 114 Å². The maximum Gasteiger partial charge on any atom is 0.0540 e. The third-order valence-electron chi connectivity index (χ3n) is 4.77. The predicted molar refractivity (Wildman–Crippen MR) is 78.7 cm³/mol. The van der Waals surface area contributed by atoms with Crippen LogP contribution >= 0.6 is 0 Å². The van der Waals surface area contributed by atoms with Gasteiger partial charge in [-0.2, -0.15) is 0 Å². The first-order valence-electron chi connectivity index (χ1n) is 7.76. The van der Waals surface area contributed by atoms with Crippen molar-refractivity contribution in [2.75, 3.05) is 6.54 Å². The average molecular weight is 255 g/mol. The van der Waals surface area contributed by atoms with Crippen LogP contribution in [0.5, 0.6) is 0 Å². The maximum atomic E-state index is 9.78. The Bertz CT molecular complexity index is 232. The fourth-order valence-electron chi connectivity index (χ4n) is 3.50. The molecule has 0 aromatic heterocycles. The lowest BCUT2D eigenvalue weighted by atomic mass is 9.63. The minimum absolute atomic E-state index is 0.0536. The molecule has 0 bridgehead atoms. The highest BCUT2D eigenvalue weighted by Crippen LogP contribution is 2.45. The molecule has 2 N–H and O–H groups in total. The molecule has 0 aromatic rings. The van der Waals surface area contributed by atoms with Gasteiger partial charge < -0.3 is 10.4 Å². The van der Waals surface area contributed by atoms with Gasteiger partial charge in [-0.1, -0.05) is 26.7 Å². The van der Waals surface area contributed by atoms with Crippen LogP contribution in [0.15, 0.2) is 0 Å². The lowest BCUT2D eigenvalue weighted by Crippen LogP contribution is -2.49. The summed E-state index contributed by atoms with van der Waals surface area (Å²) in [4.78, 5) is 0. The van der Waals surface area contributed by atoms with Crippen molar-refractivity contribution >= 4 is 0 Å². The smallest absolute Gasteiger partial charge is 0.0540 e. The molecule has 0 aliphatic heterocycles. The van der Waals surface area contributed by atoms with Crippen molar-refractivity contribution in [1.82, 2.24) is 5.32 Å². The molecule has 0 heterocycles. The zero-order chi connectivity index (χ0) is 13.8. The lowest BCUT2D eigenvalue weighted by molar-refractivity contribution is 0.0174. The van der Waals surface area contributed by atoms with Gasteiger partial charge in [-0.15, -0.1) is 0 Å². The molecule has 1 fully saturated rings. The SMILES string of the molecule is CCC(CC)C1(CNC(C)(C)C)CCC(O)CC1. The van der Waals surface area contributed by atoms with Gasteiger partial charge >= 0.3 is 0 Å². The van der Waals surface area contributed by atoms with Crippen LogP contribution in [0.4, 0.5) is 0 Å². The summed E-state index contributed by atoms with van der Waals surface area (Å²) < 4.78 is 0. The molecule has 0 amide bonds. The molecule has 1 aliphatic rings. The summed E-state index contributed by atoms with van der Waals surface area (Å²) in [5.74, 6) is 0.792. The van der Waals surface area contributed by atoms with E-state index < -0.39 is 0 Å². The first kappa shape index (κ1) is 16.0. The van der Waals surface area contributed by atoms with Crippen LogP contribution in [0.1, 0.15) is 73.1 Å². The van der Waals surface area contributed by atoms with Crippen molar-refractivity contribution in [3.8, 4) is 0 Å². The Morgan fingerprint density at radius 2 is 1.67 bits per heavy atom. The molecule has 2 heteroatoms. The zero-order valence-corrected chi connectivity index (χ0v) is 13.1. The molecule has 0 unspecified atom stereocenters. The van der Waals surface area contributed by atoms with E-state index in [4.69, 9.17) is 0 Å². The molecule has 1 saturated carbocycles. The molecular weight excluding hydrogens is 222 g/mol. The number of hydrogen-bond donors (Lipinski definition) is 2. The predicted octanol–water partition coefficient (Wildman–Crippen LogP) is 3.73. The second-order valence-electron chi connectivity index (χ2n) is 7.21. The van der Waals surface area contributed by atoms with Crippen molar-refractivity contribution in [3.63, 3.8) is 0 Å². The first-order valence-corrected chi connectivity index (χ1v) is 7.76. The summed E-state index contributed by atoms with van der Waals surface area (Å²) >= 11 is 0. The number of nitrogens with one attached hydrogen (secondary N) is 1. The highest BCUT2D eigenvalue weighted by molar-refractivity contribution is 4.93. The van der Waals surface area contributed by atoms with E-state index in [1.54, 1.807) is 0 Å². The normalized spacial score (nSPS) is 29.8. The topological polar surface area (TPSA) is 32.3 Å². The van der Waals surface area contributed by atoms with Crippen LogP contribution in [0, 0.1) is 11.3 Å². The van der Waals surface area contributed by atoms with Crippen LogP contribution in [-0.2, 0) is 0 Å². The van der Waals surface area contributed by atoms with E-state index in [0.29, 0.717) is 5.41 Å². The van der Waals surface area contributed by atoms with Crippen molar-refractivity contribution < 1.29 is 5.11 Å². The summed E-state index contributed by atoms with van der Waals surface area (Å²) in [6, 6.07) is 0. The first-order chi connectivity index (χ1) is 8.33. The molecule has 1 rings (SSSR count). The van der Waals surface area contributed by atoms with Gasteiger partial charge in [0.2, 0.25) is 0 Å². The molecule has 0 saturated heterocycles. The van der Waals surface area contributed by atoms with Gasteiger partial charge in [-0.05, 0) is 57.8 Å². The number of rotatable bonds is 5. The van der Waals surface area contributed by atoms with Crippen LogP contribution in [-0.4, -0.2) is 23.3 Å². The summed E-state index contributed by atoms with van der Waals surface area (Å²) in [6.07, 6.45) is 6.82. The van der Waals surface area contributed by atoms with Gasteiger partial charge in [-0.3, -0.25) is 0 Å². The zero-order valence-electron chi connectivity index (χ0n) is 13.1. The quantitative estimate of drug-likeness (QED) is 0.784. The van der Waals surface area contributed by atoms with Gasteiger partial charge in [0, 0.05) is 12.1 Å². The lowest BCUT2D eigenvalue weighted by Gasteiger charge is -2.46. The Kier molecular flexibility index (Phi) is 5.67. The van der Waals surface area contributed by atoms with Crippen molar-refractivity contribution in [2.45, 2.75) is 84.8 Å². The molecule has 108 valence electrons. The monoisotopic (exact) mass is 255 g/mol. The molecule has 18 heavy (non-hydrogen) atoms. The van der Waals surface area contributed by atoms with E-state index in [-0.39, 0.29) is 11.6 Å². The molecule has 0 spiro atoms. The Morgan fingerprint density at radius 3 is 2.06 bits per heavy atom. The van der Waals surface area contributed by atoms with Crippen LogP contribution in [0.25, 0.3) is 0 Å². The second kappa shape index (κ2) is 6.38. The summed E-state index contributed by atoms with van der Waals surface area (Å²) in [7, 11) is 0.